The topological polar surface area (TPSA) is 201 Å². The Balaban J connectivity index is 1.60. The summed E-state index contributed by atoms with van der Waals surface area (Å²) in [6, 6.07) is 8.54. The number of carboxylic acid groups (broad SMARTS) is 2. The van der Waals surface area contributed by atoms with Crippen molar-refractivity contribution >= 4 is 58.4 Å². The molecule has 3 aromatic carbocycles. The molecule has 0 amide bonds. The first-order chi connectivity index (χ1) is 19.0. The van der Waals surface area contributed by atoms with Crippen LogP contribution < -0.4 is 11.5 Å². The summed E-state index contributed by atoms with van der Waals surface area (Å²) in [5, 5.41) is 40.5. The van der Waals surface area contributed by atoms with Gasteiger partial charge in [-0.1, -0.05) is 36.7 Å². The van der Waals surface area contributed by atoms with Crippen LogP contribution in [0.3, 0.4) is 0 Å². The van der Waals surface area contributed by atoms with Gasteiger partial charge in [-0.05, 0) is 37.1 Å². The Labute approximate surface area is 236 Å². The summed E-state index contributed by atoms with van der Waals surface area (Å²) in [6.07, 6.45) is 2.71. The number of nitrogens with two attached hydrogens (primary N) is 2. The number of fused-ring (bicyclic) bond motifs is 2. The maximum Gasteiger partial charge on any atom is 0.336 e. The zero-order valence-electron chi connectivity index (χ0n) is 20.8. The molecule has 40 heavy (non-hydrogen) atoms. The van der Waals surface area contributed by atoms with Crippen LogP contribution in [-0.2, 0) is 4.79 Å². The van der Waals surface area contributed by atoms with Gasteiger partial charge in [0.2, 0.25) is 5.78 Å². The Morgan fingerprint density at radius 2 is 1.32 bits per heavy atom. The van der Waals surface area contributed by atoms with Crippen LogP contribution >= 0.6 is 23.5 Å². The molecule has 0 heterocycles. The fraction of sp³-hybridized carbons (Fsp3) is 0.214. The predicted molar refractivity (Wildman–Crippen MR) is 149 cm³/mol. The minimum atomic E-state index is -1.18. The summed E-state index contributed by atoms with van der Waals surface area (Å²) < 4.78 is 0. The van der Waals surface area contributed by atoms with Crippen molar-refractivity contribution in [3.8, 4) is 11.5 Å². The molecule has 0 radical (unpaired) electrons. The Hall–Kier alpha value is -4.16. The molecule has 0 bridgehead atoms. The molecule has 0 spiro atoms. The molecule has 1 fully saturated rings. The van der Waals surface area contributed by atoms with Gasteiger partial charge in [0.1, 0.15) is 11.5 Å². The number of hydrogen-bond donors (Lipinski definition) is 6. The van der Waals surface area contributed by atoms with Crippen molar-refractivity contribution in [2.45, 2.75) is 45.6 Å². The van der Waals surface area contributed by atoms with Crippen LogP contribution in [0.15, 0.2) is 51.1 Å². The highest BCUT2D eigenvalue weighted by molar-refractivity contribution is 8.00. The van der Waals surface area contributed by atoms with Crippen LogP contribution in [0.4, 0.5) is 11.4 Å². The summed E-state index contributed by atoms with van der Waals surface area (Å²) in [6.45, 7) is 0. The van der Waals surface area contributed by atoms with Crippen molar-refractivity contribution in [2.24, 2.45) is 5.92 Å². The first kappa shape index (κ1) is 27.4. The molecule has 206 valence electrons. The number of anilines is 2. The molecule has 5 rings (SSSR count). The first-order valence-electron chi connectivity index (χ1n) is 12.3. The number of thioether (sulfide) groups is 1. The van der Waals surface area contributed by atoms with Crippen molar-refractivity contribution < 1.29 is 39.6 Å². The standard InChI is InChI=1S/C28H24N2O8S2/c29-23-17(39-15-7-3-1-5-11(15)27(35)36)9-13(31)19-21(23)26(34)22-20(25(19)33)14(32)10-18(24(22)30)40-16-8-4-2-6-12(16)28(37)38/h1,3,5,7,9-10,12,16,31-32H,2,4,6,8,29-30H2,(H,35,36)(H,37,38). The lowest BCUT2D eigenvalue weighted by Crippen LogP contribution is -2.29. The highest BCUT2D eigenvalue weighted by Gasteiger charge is 2.40. The van der Waals surface area contributed by atoms with Gasteiger partial charge in [-0.3, -0.25) is 14.4 Å². The Kier molecular flexibility index (Phi) is 7.15. The number of nitrogen functional groups attached to an aromatic ring is 2. The molecule has 12 heteroatoms. The van der Waals surface area contributed by atoms with Crippen molar-refractivity contribution in [3.05, 3.63) is 64.2 Å². The number of carbonyl (C=O) groups is 4. The largest absolute Gasteiger partial charge is 0.507 e. The summed E-state index contributed by atoms with van der Waals surface area (Å²) in [5.74, 6) is -5.47. The minimum absolute atomic E-state index is 0.0185. The summed E-state index contributed by atoms with van der Waals surface area (Å²) >= 11 is 2.05. The Bertz CT molecular complexity index is 1620. The van der Waals surface area contributed by atoms with Crippen molar-refractivity contribution in [1.82, 2.24) is 0 Å². The molecule has 3 aromatic rings. The maximum absolute atomic E-state index is 13.9. The van der Waals surface area contributed by atoms with Crippen LogP contribution in [0, 0.1) is 5.92 Å². The smallest absolute Gasteiger partial charge is 0.336 e. The summed E-state index contributed by atoms with van der Waals surface area (Å²) in [4.78, 5) is 51.5. The van der Waals surface area contributed by atoms with Gasteiger partial charge in [0.25, 0.3) is 0 Å². The molecule has 2 aliphatic carbocycles. The average molecular weight is 581 g/mol. The fourth-order valence-electron chi connectivity index (χ4n) is 5.22. The lowest BCUT2D eigenvalue weighted by Gasteiger charge is -2.29. The van der Waals surface area contributed by atoms with E-state index in [-0.39, 0.29) is 54.2 Å². The van der Waals surface area contributed by atoms with Gasteiger partial charge in [0, 0.05) is 19.9 Å². The van der Waals surface area contributed by atoms with Gasteiger partial charge in [-0.25, -0.2) is 4.79 Å². The van der Waals surface area contributed by atoms with E-state index < -0.39 is 40.9 Å². The van der Waals surface area contributed by atoms with E-state index in [4.69, 9.17) is 11.5 Å². The van der Waals surface area contributed by atoms with E-state index in [1.54, 1.807) is 18.2 Å². The number of rotatable bonds is 6. The second-order valence-corrected chi connectivity index (χ2v) is 11.9. The molecule has 0 saturated heterocycles. The Morgan fingerprint density at radius 3 is 1.95 bits per heavy atom. The van der Waals surface area contributed by atoms with Gasteiger partial charge < -0.3 is 31.9 Å². The SMILES string of the molecule is Nc1c(Sc2ccccc2C(=O)O)cc(O)c2c1C(=O)c1c(N)c(SC3CCCCC3C(=O)O)cc(O)c1C2=O. The molecule has 0 aliphatic heterocycles. The molecular formula is C28H24N2O8S2. The minimum Gasteiger partial charge on any atom is -0.507 e. The van der Waals surface area contributed by atoms with Gasteiger partial charge in [-0.15, -0.1) is 11.8 Å². The van der Waals surface area contributed by atoms with Gasteiger partial charge in [-0.2, -0.15) is 0 Å². The second-order valence-electron chi connectivity index (χ2n) is 9.56. The third kappa shape index (κ3) is 4.52. The normalized spacial score (nSPS) is 18.2. The molecular weight excluding hydrogens is 556 g/mol. The number of hydrogen-bond acceptors (Lipinski definition) is 10. The van der Waals surface area contributed by atoms with E-state index >= 15 is 0 Å². The van der Waals surface area contributed by atoms with Crippen LogP contribution in [0.25, 0.3) is 0 Å². The van der Waals surface area contributed by atoms with Crippen molar-refractivity contribution in [1.29, 1.82) is 0 Å². The molecule has 2 aliphatic rings. The number of ketones is 2. The van der Waals surface area contributed by atoms with E-state index in [2.05, 4.69) is 0 Å². The third-order valence-electron chi connectivity index (χ3n) is 7.16. The molecule has 8 N–H and O–H groups in total. The van der Waals surface area contributed by atoms with E-state index in [9.17, 15) is 39.6 Å². The number of aromatic hydroxyl groups is 2. The van der Waals surface area contributed by atoms with E-state index in [1.807, 2.05) is 0 Å². The number of aliphatic carboxylic acids is 1. The average Bonchev–Trinajstić information content (AvgIpc) is 2.91. The Morgan fingerprint density at radius 1 is 0.775 bits per heavy atom. The predicted octanol–water partition coefficient (Wildman–Crippen LogP) is 4.62. The molecule has 1 saturated carbocycles. The second kappa shape index (κ2) is 10.4. The van der Waals surface area contributed by atoms with Crippen LogP contribution in [0.2, 0.25) is 0 Å². The molecule has 2 unspecified atom stereocenters. The van der Waals surface area contributed by atoms with E-state index in [0.29, 0.717) is 17.7 Å². The molecule has 0 aromatic heterocycles. The third-order valence-corrected chi connectivity index (χ3v) is 9.75. The number of carboxylic acids is 2. The maximum atomic E-state index is 13.9. The van der Waals surface area contributed by atoms with Crippen LogP contribution in [0.5, 0.6) is 11.5 Å². The van der Waals surface area contributed by atoms with Crippen LogP contribution in [0.1, 0.15) is 67.9 Å². The van der Waals surface area contributed by atoms with Crippen molar-refractivity contribution in [3.63, 3.8) is 0 Å². The molecule has 10 nitrogen and oxygen atoms in total. The van der Waals surface area contributed by atoms with Crippen LogP contribution in [-0.4, -0.2) is 49.2 Å². The summed E-state index contributed by atoms with van der Waals surface area (Å²) in [5.41, 5.74) is 11.1. The van der Waals surface area contributed by atoms with E-state index in [1.165, 1.54) is 18.2 Å². The highest BCUT2D eigenvalue weighted by atomic mass is 32.2. The van der Waals surface area contributed by atoms with Crippen molar-refractivity contribution in [2.75, 3.05) is 11.5 Å². The highest BCUT2D eigenvalue weighted by Crippen LogP contribution is 2.49. The number of carbonyl (C=O) groups excluding carboxylic acids is 2. The fourth-order valence-corrected chi connectivity index (χ4v) is 7.69. The number of benzene rings is 3. The number of phenols is 2. The number of aromatic carboxylic acids is 1. The quantitative estimate of drug-likeness (QED) is 0.137. The lowest BCUT2D eigenvalue weighted by atomic mass is 9.81. The lowest BCUT2D eigenvalue weighted by molar-refractivity contribution is -0.142. The number of phenolic OH excluding ortho intramolecular Hbond substituents is 2. The van der Waals surface area contributed by atoms with Gasteiger partial charge in [0.15, 0.2) is 5.78 Å². The van der Waals surface area contributed by atoms with Gasteiger partial charge >= 0.3 is 11.9 Å². The summed E-state index contributed by atoms with van der Waals surface area (Å²) in [7, 11) is 0. The zero-order chi connectivity index (χ0) is 28.9. The van der Waals surface area contributed by atoms with E-state index in [0.717, 1.165) is 36.4 Å². The molecule has 2 atom stereocenters. The zero-order valence-corrected chi connectivity index (χ0v) is 22.5. The monoisotopic (exact) mass is 580 g/mol. The first-order valence-corrected chi connectivity index (χ1v) is 14.0. The van der Waals surface area contributed by atoms with Gasteiger partial charge in [0.05, 0.1) is 45.1 Å².